The molecule has 2 aromatic heterocycles. The van der Waals surface area contributed by atoms with Gasteiger partial charge in [0.05, 0.1) is 10.2 Å². The zero-order valence-corrected chi connectivity index (χ0v) is 13.8. The summed E-state index contributed by atoms with van der Waals surface area (Å²) >= 11 is 1.42. The fourth-order valence-corrected chi connectivity index (χ4v) is 3.92. The van der Waals surface area contributed by atoms with Gasteiger partial charge in [0.1, 0.15) is 0 Å². The average Bonchev–Trinajstić information content (AvgIpc) is 3.08. The van der Waals surface area contributed by atoms with Crippen molar-refractivity contribution < 1.29 is 4.79 Å². The first-order valence-corrected chi connectivity index (χ1v) is 8.23. The van der Waals surface area contributed by atoms with Gasteiger partial charge in [0.2, 0.25) is 0 Å². The van der Waals surface area contributed by atoms with E-state index in [9.17, 15) is 4.79 Å². The summed E-state index contributed by atoms with van der Waals surface area (Å²) in [7, 11) is 0. The van der Waals surface area contributed by atoms with Crippen molar-refractivity contribution in [2.45, 2.75) is 26.9 Å². The third-order valence-electron chi connectivity index (χ3n) is 4.18. The minimum absolute atomic E-state index is 0.0378. The lowest BCUT2D eigenvalue weighted by atomic mass is 10.1. The van der Waals surface area contributed by atoms with Crippen LogP contribution in [-0.4, -0.2) is 20.8 Å². The van der Waals surface area contributed by atoms with Crippen LogP contribution in [0.3, 0.4) is 0 Å². The summed E-state index contributed by atoms with van der Waals surface area (Å²) in [5.41, 5.74) is 11.6. The second-order valence-electron chi connectivity index (χ2n) is 5.95. The summed E-state index contributed by atoms with van der Waals surface area (Å²) in [6.45, 7) is 5.18. The smallest absolute Gasteiger partial charge is 0.254 e. The molecule has 0 radical (unpaired) electrons. The Kier molecular flexibility index (Phi) is 3.09. The predicted molar refractivity (Wildman–Crippen MR) is 91.3 cm³/mol. The number of thiazole rings is 1. The van der Waals surface area contributed by atoms with Crippen molar-refractivity contribution in [3.8, 4) is 0 Å². The third kappa shape index (κ3) is 2.35. The van der Waals surface area contributed by atoms with E-state index in [-0.39, 0.29) is 5.91 Å². The fourth-order valence-electron chi connectivity index (χ4n) is 3.07. The highest BCUT2D eigenvalue weighted by Crippen LogP contribution is 2.30. The Labute approximate surface area is 137 Å². The normalized spacial score (nSPS) is 13.6. The molecule has 2 N–H and O–H groups in total. The number of nitrogen functional groups attached to an aromatic ring is 1. The van der Waals surface area contributed by atoms with Crippen molar-refractivity contribution in [3.05, 3.63) is 52.3 Å². The molecule has 0 saturated heterocycles. The molecule has 4 rings (SSSR count). The van der Waals surface area contributed by atoms with Crippen LogP contribution < -0.4 is 5.73 Å². The molecule has 0 fully saturated rings. The van der Waals surface area contributed by atoms with Gasteiger partial charge in [-0.2, -0.15) is 0 Å². The Bertz CT molecular complexity index is 947. The zero-order valence-electron chi connectivity index (χ0n) is 13.0. The maximum atomic E-state index is 12.9. The summed E-state index contributed by atoms with van der Waals surface area (Å²) in [4.78, 5) is 23.4. The van der Waals surface area contributed by atoms with Crippen LogP contribution in [0.1, 0.15) is 32.7 Å². The molecular weight excluding hydrogens is 308 g/mol. The van der Waals surface area contributed by atoms with Gasteiger partial charge >= 0.3 is 0 Å². The first-order valence-electron chi connectivity index (χ1n) is 7.41. The number of aryl methyl sites for hydroxylation is 2. The fraction of sp³-hybridized carbons (Fsp3) is 0.235. The number of fused-ring (bicyclic) bond motifs is 2. The van der Waals surface area contributed by atoms with Crippen LogP contribution in [0, 0.1) is 13.8 Å². The Morgan fingerprint density at radius 1 is 1.22 bits per heavy atom. The van der Waals surface area contributed by atoms with Gasteiger partial charge < -0.3 is 10.6 Å². The first-order chi connectivity index (χ1) is 11.0. The van der Waals surface area contributed by atoms with E-state index < -0.39 is 0 Å². The van der Waals surface area contributed by atoms with E-state index in [0.29, 0.717) is 23.8 Å². The number of rotatable bonds is 1. The molecule has 1 aliphatic heterocycles. The standard InChI is InChI=1S/C17H16N4OS/c1-9-3-11(5-14-15(9)20-17(18)23-14)16(22)21-7-12-4-10(2)19-6-13(12)8-21/h3-6H,7-8H2,1-2H3,(H2,18,20). The number of pyridine rings is 1. The van der Waals surface area contributed by atoms with E-state index in [4.69, 9.17) is 5.73 Å². The molecule has 0 atom stereocenters. The van der Waals surface area contributed by atoms with E-state index in [1.165, 1.54) is 16.9 Å². The number of anilines is 1. The monoisotopic (exact) mass is 324 g/mol. The van der Waals surface area contributed by atoms with Gasteiger partial charge in [-0.15, -0.1) is 0 Å². The number of carbonyl (C=O) groups is 1. The number of nitrogens with two attached hydrogens (primary N) is 1. The number of hydrogen-bond donors (Lipinski definition) is 1. The lowest BCUT2D eigenvalue weighted by Gasteiger charge is -2.15. The highest BCUT2D eigenvalue weighted by molar-refractivity contribution is 7.22. The summed E-state index contributed by atoms with van der Waals surface area (Å²) in [6.07, 6.45) is 1.87. The molecule has 116 valence electrons. The maximum absolute atomic E-state index is 12.9. The predicted octanol–water partition coefficient (Wildman–Crippen LogP) is 3.05. The SMILES string of the molecule is Cc1cc2c(cn1)CN(C(=O)c1cc(C)c3nc(N)sc3c1)C2. The molecule has 0 unspecified atom stereocenters. The van der Waals surface area contributed by atoms with Gasteiger partial charge in [-0.05, 0) is 48.7 Å². The Hall–Kier alpha value is -2.47. The topological polar surface area (TPSA) is 72.1 Å². The lowest BCUT2D eigenvalue weighted by Crippen LogP contribution is -2.25. The zero-order chi connectivity index (χ0) is 16.1. The van der Waals surface area contributed by atoms with Crippen LogP contribution in [0.2, 0.25) is 0 Å². The number of amides is 1. The van der Waals surface area contributed by atoms with Crippen molar-refractivity contribution in [1.82, 2.24) is 14.9 Å². The van der Waals surface area contributed by atoms with Gasteiger partial charge in [0.25, 0.3) is 5.91 Å². The summed E-state index contributed by atoms with van der Waals surface area (Å²) in [6, 6.07) is 5.85. The molecule has 3 heterocycles. The molecule has 0 aliphatic carbocycles. The number of nitrogens with zero attached hydrogens (tertiary/aromatic N) is 3. The molecule has 6 heteroatoms. The van der Waals surface area contributed by atoms with Crippen LogP contribution in [-0.2, 0) is 13.1 Å². The minimum atomic E-state index is 0.0378. The van der Waals surface area contributed by atoms with Gasteiger partial charge in [0.15, 0.2) is 5.13 Å². The van der Waals surface area contributed by atoms with Gasteiger partial charge in [-0.3, -0.25) is 9.78 Å². The second kappa shape index (κ2) is 5.03. The van der Waals surface area contributed by atoms with Crippen LogP contribution in [0.25, 0.3) is 10.2 Å². The second-order valence-corrected chi connectivity index (χ2v) is 7.01. The number of benzene rings is 1. The Morgan fingerprint density at radius 3 is 2.83 bits per heavy atom. The quantitative estimate of drug-likeness (QED) is 0.747. The average molecular weight is 324 g/mol. The number of carbonyl (C=O) groups excluding carboxylic acids is 1. The van der Waals surface area contributed by atoms with E-state index in [1.54, 1.807) is 0 Å². The van der Waals surface area contributed by atoms with Gasteiger partial charge in [-0.25, -0.2) is 4.98 Å². The lowest BCUT2D eigenvalue weighted by molar-refractivity contribution is 0.0751. The molecule has 1 aromatic carbocycles. The molecule has 0 spiro atoms. The minimum Gasteiger partial charge on any atom is -0.375 e. The molecule has 0 saturated carbocycles. The highest BCUT2D eigenvalue weighted by atomic mass is 32.1. The molecule has 0 bridgehead atoms. The van der Waals surface area contributed by atoms with Gasteiger partial charge in [-0.1, -0.05) is 11.3 Å². The van der Waals surface area contributed by atoms with Crippen molar-refractivity contribution in [2.75, 3.05) is 5.73 Å². The molecule has 3 aromatic rings. The maximum Gasteiger partial charge on any atom is 0.254 e. The van der Waals surface area contributed by atoms with E-state index in [2.05, 4.69) is 16.0 Å². The largest absolute Gasteiger partial charge is 0.375 e. The molecule has 1 aliphatic rings. The van der Waals surface area contributed by atoms with E-state index in [1.807, 2.05) is 37.1 Å². The molecule has 23 heavy (non-hydrogen) atoms. The van der Waals surface area contributed by atoms with Crippen LogP contribution in [0.15, 0.2) is 24.4 Å². The van der Waals surface area contributed by atoms with Crippen molar-refractivity contribution in [2.24, 2.45) is 0 Å². The first kappa shape index (κ1) is 14.1. The molecule has 1 amide bonds. The number of aromatic nitrogens is 2. The Balaban J connectivity index is 1.68. The van der Waals surface area contributed by atoms with E-state index >= 15 is 0 Å². The summed E-state index contributed by atoms with van der Waals surface area (Å²) in [5, 5.41) is 0.530. The Morgan fingerprint density at radius 2 is 2.00 bits per heavy atom. The summed E-state index contributed by atoms with van der Waals surface area (Å²) in [5.74, 6) is 0.0378. The van der Waals surface area contributed by atoms with Crippen molar-refractivity contribution in [1.29, 1.82) is 0 Å². The van der Waals surface area contributed by atoms with Crippen LogP contribution in [0.4, 0.5) is 5.13 Å². The van der Waals surface area contributed by atoms with E-state index in [0.717, 1.165) is 27.0 Å². The summed E-state index contributed by atoms with van der Waals surface area (Å²) < 4.78 is 0.958. The number of hydrogen-bond acceptors (Lipinski definition) is 5. The van der Waals surface area contributed by atoms with Crippen molar-refractivity contribution >= 4 is 32.6 Å². The van der Waals surface area contributed by atoms with Crippen LogP contribution >= 0.6 is 11.3 Å². The highest BCUT2D eigenvalue weighted by Gasteiger charge is 2.25. The molecule has 5 nitrogen and oxygen atoms in total. The van der Waals surface area contributed by atoms with Crippen LogP contribution in [0.5, 0.6) is 0 Å². The molecular formula is C17H16N4OS. The van der Waals surface area contributed by atoms with Crippen molar-refractivity contribution in [3.63, 3.8) is 0 Å². The third-order valence-corrected chi connectivity index (χ3v) is 5.01. The van der Waals surface area contributed by atoms with Gasteiger partial charge in [0, 0.05) is 30.5 Å².